The van der Waals surface area contributed by atoms with Gasteiger partial charge in [0.15, 0.2) is 5.79 Å². The Labute approximate surface area is 99.9 Å². The summed E-state index contributed by atoms with van der Waals surface area (Å²) in [5.74, 6) is 0.0222. The minimum atomic E-state index is -0.612. The maximum Gasteiger partial charge on any atom is 0.182 e. The van der Waals surface area contributed by atoms with Crippen LogP contribution in [0.25, 0.3) is 0 Å². The monoisotopic (exact) mass is 242 g/mol. The molecule has 0 radical (unpaired) electrons. The molecule has 0 amide bonds. The van der Waals surface area contributed by atoms with Gasteiger partial charge in [-0.25, -0.2) is 0 Å². The highest BCUT2D eigenvalue weighted by molar-refractivity contribution is 6.18. The number of phenols is 1. The molecule has 0 atom stereocenters. The molecule has 0 saturated carbocycles. The molecule has 0 bridgehead atoms. The highest BCUT2D eigenvalue weighted by Gasteiger charge is 2.35. The topological polar surface area (TPSA) is 38.7 Å². The first-order valence-electron chi connectivity index (χ1n) is 5.36. The number of rotatable bonds is 4. The third-order valence-corrected chi connectivity index (χ3v) is 3.16. The van der Waals surface area contributed by atoms with Crippen molar-refractivity contribution in [2.24, 2.45) is 0 Å². The Kier molecular flexibility index (Phi) is 3.69. The zero-order valence-electron chi connectivity index (χ0n) is 8.99. The van der Waals surface area contributed by atoms with Gasteiger partial charge in [-0.3, -0.25) is 0 Å². The van der Waals surface area contributed by atoms with Crippen molar-refractivity contribution < 1.29 is 14.6 Å². The third-order valence-electron chi connectivity index (χ3n) is 2.75. The maximum atomic E-state index is 9.16. The van der Waals surface area contributed by atoms with Crippen molar-refractivity contribution >= 4 is 11.6 Å². The van der Waals surface area contributed by atoms with Crippen LogP contribution in [0.3, 0.4) is 0 Å². The van der Waals surface area contributed by atoms with Crippen molar-refractivity contribution in [1.29, 1.82) is 0 Å². The van der Waals surface area contributed by atoms with Crippen LogP contribution in [0, 0.1) is 0 Å². The van der Waals surface area contributed by atoms with Crippen molar-refractivity contribution in [1.82, 2.24) is 0 Å². The first kappa shape index (κ1) is 11.7. The van der Waals surface area contributed by atoms with E-state index in [1.807, 2.05) is 12.1 Å². The van der Waals surface area contributed by atoms with Crippen molar-refractivity contribution in [2.75, 3.05) is 19.1 Å². The predicted molar refractivity (Wildman–Crippen MR) is 61.8 cm³/mol. The van der Waals surface area contributed by atoms with Crippen LogP contribution < -0.4 is 0 Å². The van der Waals surface area contributed by atoms with Crippen LogP contribution in [-0.2, 0) is 15.9 Å². The van der Waals surface area contributed by atoms with Crippen molar-refractivity contribution in [3.8, 4) is 5.75 Å². The SMILES string of the molecule is Oc1ccc(CCC2(CCl)OCCO2)cc1. The summed E-state index contributed by atoms with van der Waals surface area (Å²) in [5.41, 5.74) is 1.14. The Morgan fingerprint density at radius 1 is 1.19 bits per heavy atom. The molecule has 1 N–H and O–H groups in total. The van der Waals surface area contributed by atoms with Gasteiger partial charge >= 0.3 is 0 Å². The van der Waals surface area contributed by atoms with Crippen molar-refractivity contribution in [3.05, 3.63) is 29.8 Å². The van der Waals surface area contributed by atoms with E-state index in [-0.39, 0.29) is 5.75 Å². The second kappa shape index (κ2) is 5.04. The normalized spacial score (nSPS) is 18.8. The standard InChI is InChI=1S/C12H15ClO3/c13-9-12(15-7-8-16-12)6-5-10-1-3-11(14)4-2-10/h1-4,14H,5-9H2. The van der Waals surface area contributed by atoms with Gasteiger partial charge in [-0.2, -0.15) is 0 Å². The Morgan fingerprint density at radius 2 is 1.81 bits per heavy atom. The Balaban J connectivity index is 1.93. The van der Waals surface area contributed by atoms with Crippen LogP contribution in [0.1, 0.15) is 12.0 Å². The van der Waals surface area contributed by atoms with E-state index in [1.165, 1.54) is 0 Å². The number of phenolic OH excluding ortho intramolecular Hbond substituents is 1. The van der Waals surface area contributed by atoms with Gasteiger partial charge in [0.25, 0.3) is 0 Å². The minimum Gasteiger partial charge on any atom is -0.508 e. The molecule has 4 heteroatoms. The lowest BCUT2D eigenvalue weighted by molar-refractivity contribution is -0.143. The van der Waals surface area contributed by atoms with Crippen molar-refractivity contribution in [3.63, 3.8) is 0 Å². The fourth-order valence-corrected chi connectivity index (χ4v) is 2.07. The molecule has 0 aromatic heterocycles. The molecule has 0 unspecified atom stereocenters. The molecule has 1 aliphatic rings. The second-order valence-electron chi connectivity index (χ2n) is 3.91. The fourth-order valence-electron chi connectivity index (χ4n) is 1.78. The third kappa shape index (κ3) is 2.67. The van der Waals surface area contributed by atoms with Gasteiger partial charge in [0.1, 0.15) is 5.75 Å². The summed E-state index contributed by atoms with van der Waals surface area (Å²) in [5, 5.41) is 9.16. The van der Waals surface area contributed by atoms with Crippen LogP contribution in [0.15, 0.2) is 24.3 Å². The van der Waals surface area contributed by atoms with Gasteiger partial charge in [-0.1, -0.05) is 12.1 Å². The molecule has 1 heterocycles. The molecule has 1 saturated heterocycles. The quantitative estimate of drug-likeness (QED) is 0.824. The average Bonchev–Trinajstić information content (AvgIpc) is 2.78. The Morgan fingerprint density at radius 3 is 2.38 bits per heavy atom. The molecule has 1 fully saturated rings. The predicted octanol–water partition coefficient (Wildman–Crippen LogP) is 2.31. The molecule has 16 heavy (non-hydrogen) atoms. The van der Waals surface area contributed by atoms with Gasteiger partial charge in [-0.05, 0) is 24.1 Å². The van der Waals surface area contributed by atoms with Crippen LogP contribution in [-0.4, -0.2) is 30.0 Å². The molecule has 1 aromatic carbocycles. The van der Waals surface area contributed by atoms with Gasteiger partial charge in [0.2, 0.25) is 0 Å². The number of ether oxygens (including phenoxy) is 2. The van der Waals surface area contributed by atoms with E-state index in [4.69, 9.17) is 26.2 Å². The fraction of sp³-hybridized carbons (Fsp3) is 0.500. The van der Waals surface area contributed by atoms with E-state index in [9.17, 15) is 0 Å². The van der Waals surface area contributed by atoms with Crippen LogP contribution in [0.2, 0.25) is 0 Å². The molecule has 0 aliphatic carbocycles. The number of aryl methyl sites for hydroxylation is 1. The number of aromatic hydroxyl groups is 1. The molecular weight excluding hydrogens is 228 g/mol. The second-order valence-corrected chi connectivity index (χ2v) is 4.17. The lowest BCUT2D eigenvalue weighted by Gasteiger charge is -2.24. The van der Waals surface area contributed by atoms with E-state index in [0.717, 1.165) is 18.4 Å². The molecule has 1 aromatic rings. The first-order chi connectivity index (χ1) is 7.74. The van der Waals surface area contributed by atoms with E-state index < -0.39 is 5.79 Å². The van der Waals surface area contributed by atoms with Crippen LogP contribution >= 0.6 is 11.6 Å². The lowest BCUT2D eigenvalue weighted by Crippen LogP contribution is -2.32. The van der Waals surface area contributed by atoms with E-state index >= 15 is 0 Å². The van der Waals surface area contributed by atoms with E-state index in [2.05, 4.69) is 0 Å². The van der Waals surface area contributed by atoms with Crippen molar-refractivity contribution in [2.45, 2.75) is 18.6 Å². The number of hydrogen-bond donors (Lipinski definition) is 1. The highest BCUT2D eigenvalue weighted by atomic mass is 35.5. The van der Waals surface area contributed by atoms with Gasteiger partial charge in [0.05, 0.1) is 19.1 Å². The number of alkyl halides is 1. The Bertz CT molecular complexity index is 331. The molecule has 2 rings (SSSR count). The summed E-state index contributed by atoms with van der Waals surface area (Å²) in [4.78, 5) is 0. The zero-order valence-corrected chi connectivity index (χ0v) is 9.74. The average molecular weight is 243 g/mol. The number of benzene rings is 1. The van der Waals surface area contributed by atoms with E-state index in [0.29, 0.717) is 19.1 Å². The summed E-state index contributed by atoms with van der Waals surface area (Å²) in [6.45, 7) is 1.23. The molecular formula is C12H15ClO3. The Hall–Kier alpha value is -0.770. The summed E-state index contributed by atoms with van der Waals surface area (Å²) >= 11 is 5.87. The van der Waals surface area contributed by atoms with Gasteiger partial charge in [0, 0.05) is 6.42 Å². The summed E-state index contributed by atoms with van der Waals surface area (Å²) in [6, 6.07) is 7.15. The smallest absolute Gasteiger partial charge is 0.182 e. The molecule has 88 valence electrons. The molecule has 0 spiro atoms. The van der Waals surface area contributed by atoms with Crippen LogP contribution in [0.5, 0.6) is 5.75 Å². The molecule has 1 aliphatic heterocycles. The molecule has 3 nitrogen and oxygen atoms in total. The van der Waals surface area contributed by atoms with Gasteiger partial charge < -0.3 is 14.6 Å². The summed E-state index contributed by atoms with van der Waals surface area (Å²) < 4.78 is 11.1. The summed E-state index contributed by atoms with van der Waals surface area (Å²) in [6.07, 6.45) is 1.56. The highest BCUT2D eigenvalue weighted by Crippen LogP contribution is 2.27. The van der Waals surface area contributed by atoms with E-state index in [1.54, 1.807) is 12.1 Å². The largest absolute Gasteiger partial charge is 0.508 e. The minimum absolute atomic E-state index is 0.282. The lowest BCUT2D eigenvalue weighted by atomic mass is 10.1. The number of halogens is 1. The number of hydrogen-bond acceptors (Lipinski definition) is 3. The van der Waals surface area contributed by atoms with Crippen LogP contribution in [0.4, 0.5) is 0 Å². The maximum absolute atomic E-state index is 9.16. The summed E-state index contributed by atoms with van der Waals surface area (Å²) in [7, 11) is 0. The zero-order chi connectivity index (χ0) is 11.4. The first-order valence-corrected chi connectivity index (χ1v) is 5.89. The van der Waals surface area contributed by atoms with Gasteiger partial charge in [-0.15, -0.1) is 11.6 Å².